The van der Waals surface area contributed by atoms with E-state index in [0.29, 0.717) is 18.2 Å². The summed E-state index contributed by atoms with van der Waals surface area (Å²) < 4.78 is 0. The molecule has 114 valence electrons. The number of nitrogens with one attached hydrogen (secondary N) is 2. The molecule has 1 aromatic rings. The van der Waals surface area contributed by atoms with Gasteiger partial charge in [-0.2, -0.15) is 0 Å². The highest BCUT2D eigenvalue weighted by molar-refractivity contribution is 5.96. The summed E-state index contributed by atoms with van der Waals surface area (Å²) in [7, 11) is 0. The van der Waals surface area contributed by atoms with Gasteiger partial charge in [0.25, 0.3) is 0 Å². The van der Waals surface area contributed by atoms with E-state index in [1.54, 1.807) is 6.92 Å². The molecule has 0 bridgehead atoms. The number of carbonyl (C=O) groups is 2. The van der Waals surface area contributed by atoms with E-state index in [1.807, 2.05) is 0 Å². The zero-order chi connectivity index (χ0) is 15.1. The van der Waals surface area contributed by atoms with E-state index in [2.05, 4.69) is 20.6 Å². The smallest absolute Gasteiger partial charge is 0.247 e. The molecule has 1 atom stereocenters. The van der Waals surface area contributed by atoms with Gasteiger partial charge in [0.05, 0.1) is 6.20 Å². The van der Waals surface area contributed by atoms with Crippen LogP contribution < -0.4 is 10.6 Å². The van der Waals surface area contributed by atoms with Crippen molar-refractivity contribution in [2.75, 3.05) is 5.32 Å². The third-order valence-corrected chi connectivity index (χ3v) is 3.78. The van der Waals surface area contributed by atoms with Gasteiger partial charge in [0, 0.05) is 18.8 Å². The molecule has 2 N–H and O–H groups in total. The highest BCUT2D eigenvalue weighted by Gasteiger charge is 2.20. The minimum atomic E-state index is -0.580. The number of hydrogen-bond acceptors (Lipinski definition) is 4. The Balaban J connectivity index is 1.75. The Labute approximate surface area is 124 Å². The van der Waals surface area contributed by atoms with E-state index in [4.69, 9.17) is 0 Å². The maximum atomic E-state index is 12.0. The molecule has 0 saturated heterocycles. The second-order valence-corrected chi connectivity index (χ2v) is 5.58. The Hall–Kier alpha value is -1.98. The van der Waals surface area contributed by atoms with Gasteiger partial charge in [-0.3, -0.25) is 14.6 Å². The topological polar surface area (TPSA) is 84.0 Å². The van der Waals surface area contributed by atoms with Crippen molar-refractivity contribution < 1.29 is 9.59 Å². The molecule has 6 nitrogen and oxygen atoms in total. The predicted molar refractivity (Wildman–Crippen MR) is 79.5 cm³/mol. The van der Waals surface area contributed by atoms with Crippen molar-refractivity contribution in [1.82, 2.24) is 15.3 Å². The summed E-state index contributed by atoms with van der Waals surface area (Å²) in [6.07, 6.45) is 10.9. The van der Waals surface area contributed by atoms with Gasteiger partial charge in [-0.25, -0.2) is 4.98 Å². The molecule has 0 spiro atoms. The van der Waals surface area contributed by atoms with Crippen LogP contribution in [-0.4, -0.2) is 27.8 Å². The van der Waals surface area contributed by atoms with Crippen LogP contribution in [0, 0.1) is 5.92 Å². The Morgan fingerprint density at radius 2 is 2.05 bits per heavy atom. The molecule has 6 heteroatoms. The fourth-order valence-electron chi connectivity index (χ4n) is 2.62. The molecule has 1 saturated carbocycles. The molecular weight excluding hydrogens is 268 g/mol. The standard InChI is InChI=1S/C15H22N4O2/c1-11(15(21)19-13-10-16-7-8-17-13)18-14(20)9-12-5-3-2-4-6-12/h7-8,10-12H,2-6,9H2,1H3,(H,18,20)(H,17,19,21)/t11-/m0/s1. The van der Waals surface area contributed by atoms with Gasteiger partial charge in [0.15, 0.2) is 5.82 Å². The first-order valence-electron chi connectivity index (χ1n) is 7.51. The van der Waals surface area contributed by atoms with Crippen LogP contribution in [0.1, 0.15) is 45.4 Å². The first kappa shape index (κ1) is 15.4. The molecule has 0 aromatic carbocycles. The van der Waals surface area contributed by atoms with E-state index in [1.165, 1.54) is 37.9 Å². The number of rotatable bonds is 5. The zero-order valence-electron chi connectivity index (χ0n) is 12.3. The lowest BCUT2D eigenvalue weighted by Crippen LogP contribution is -2.42. The van der Waals surface area contributed by atoms with Crippen molar-refractivity contribution in [2.24, 2.45) is 5.92 Å². The largest absolute Gasteiger partial charge is 0.345 e. The lowest BCUT2D eigenvalue weighted by Gasteiger charge is -2.22. The van der Waals surface area contributed by atoms with Crippen LogP contribution >= 0.6 is 0 Å². The molecule has 21 heavy (non-hydrogen) atoms. The quantitative estimate of drug-likeness (QED) is 0.867. The third-order valence-electron chi connectivity index (χ3n) is 3.78. The van der Waals surface area contributed by atoms with E-state index in [9.17, 15) is 9.59 Å². The number of amides is 2. The van der Waals surface area contributed by atoms with Crippen LogP contribution in [-0.2, 0) is 9.59 Å². The predicted octanol–water partition coefficient (Wildman–Crippen LogP) is 1.89. The van der Waals surface area contributed by atoms with E-state index < -0.39 is 6.04 Å². The number of hydrogen-bond donors (Lipinski definition) is 2. The van der Waals surface area contributed by atoms with E-state index in [0.717, 1.165) is 12.8 Å². The second kappa shape index (κ2) is 7.71. The highest BCUT2D eigenvalue weighted by Crippen LogP contribution is 2.26. The minimum Gasteiger partial charge on any atom is -0.345 e. The van der Waals surface area contributed by atoms with Gasteiger partial charge < -0.3 is 10.6 Å². The van der Waals surface area contributed by atoms with Gasteiger partial charge in [0.1, 0.15) is 6.04 Å². The molecule has 0 aliphatic heterocycles. The Morgan fingerprint density at radius 3 is 2.71 bits per heavy atom. The second-order valence-electron chi connectivity index (χ2n) is 5.58. The highest BCUT2D eigenvalue weighted by atomic mass is 16.2. The van der Waals surface area contributed by atoms with E-state index in [-0.39, 0.29) is 11.8 Å². The molecule has 1 aliphatic carbocycles. The first-order valence-corrected chi connectivity index (χ1v) is 7.51. The van der Waals surface area contributed by atoms with Crippen LogP contribution in [0.5, 0.6) is 0 Å². The summed E-state index contributed by atoms with van der Waals surface area (Å²) >= 11 is 0. The van der Waals surface area contributed by atoms with Crippen molar-refractivity contribution in [3.63, 3.8) is 0 Å². The van der Waals surface area contributed by atoms with Gasteiger partial charge in [0.2, 0.25) is 11.8 Å². The molecule has 2 amide bonds. The summed E-state index contributed by atoms with van der Waals surface area (Å²) in [6, 6.07) is -0.580. The van der Waals surface area contributed by atoms with Crippen LogP contribution in [0.2, 0.25) is 0 Å². The average Bonchev–Trinajstić information content (AvgIpc) is 2.49. The van der Waals surface area contributed by atoms with E-state index >= 15 is 0 Å². The molecule has 0 radical (unpaired) electrons. The minimum absolute atomic E-state index is 0.0521. The summed E-state index contributed by atoms with van der Waals surface area (Å²) in [5, 5.41) is 5.37. The number of nitrogens with zero attached hydrogens (tertiary/aromatic N) is 2. The van der Waals surface area contributed by atoms with Gasteiger partial charge in [-0.1, -0.05) is 19.3 Å². The maximum absolute atomic E-state index is 12.0. The Morgan fingerprint density at radius 1 is 1.29 bits per heavy atom. The molecule has 2 rings (SSSR count). The van der Waals surface area contributed by atoms with Crippen molar-refractivity contribution in [3.8, 4) is 0 Å². The van der Waals surface area contributed by atoms with Crippen LogP contribution in [0.4, 0.5) is 5.82 Å². The number of aromatic nitrogens is 2. The third kappa shape index (κ3) is 5.13. The van der Waals surface area contributed by atoms with Crippen molar-refractivity contribution in [3.05, 3.63) is 18.6 Å². The zero-order valence-corrected chi connectivity index (χ0v) is 12.3. The summed E-state index contributed by atoms with van der Waals surface area (Å²) in [5.74, 6) is 0.515. The van der Waals surface area contributed by atoms with Gasteiger partial charge in [-0.15, -0.1) is 0 Å². The molecule has 1 heterocycles. The molecule has 1 fully saturated rings. The summed E-state index contributed by atoms with van der Waals surface area (Å²) in [4.78, 5) is 31.7. The van der Waals surface area contributed by atoms with Crippen LogP contribution in [0.3, 0.4) is 0 Å². The summed E-state index contributed by atoms with van der Waals surface area (Å²) in [5.41, 5.74) is 0. The van der Waals surface area contributed by atoms with Gasteiger partial charge >= 0.3 is 0 Å². The number of anilines is 1. The lowest BCUT2D eigenvalue weighted by atomic mass is 9.87. The summed E-state index contributed by atoms with van der Waals surface area (Å²) in [6.45, 7) is 1.67. The molecule has 0 unspecified atom stereocenters. The fraction of sp³-hybridized carbons (Fsp3) is 0.600. The Kier molecular flexibility index (Phi) is 5.66. The maximum Gasteiger partial charge on any atom is 0.247 e. The number of carbonyl (C=O) groups excluding carboxylic acids is 2. The fourth-order valence-corrected chi connectivity index (χ4v) is 2.62. The monoisotopic (exact) mass is 290 g/mol. The normalized spacial score (nSPS) is 17.0. The lowest BCUT2D eigenvalue weighted by molar-refractivity contribution is -0.127. The molecular formula is C15H22N4O2. The van der Waals surface area contributed by atoms with Crippen molar-refractivity contribution in [2.45, 2.75) is 51.5 Å². The van der Waals surface area contributed by atoms with Gasteiger partial charge in [-0.05, 0) is 25.7 Å². The van der Waals surface area contributed by atoms with Crippen molar-refractivity contribution in [1.29, 1.82) is 0 Å². The Bertz CT molecular complexity index is 472. The van der Waals surface area contributed by atoms with Crippen LogP contribution in [0.25, 0.3) is 0 Å². The van der Waals surface area contributed by atoms with Crippen molar-refractivity contribution >= 4 is 17.6 Å². The molecule has 1 aliphatic rings. The first-order chi connectivity index (χ1) is 10.1. The molecule has 1 aromatic heterocycles. The average molecular weight is 290 g/mol. The van der Waals surface area contributed by atoms with Crippen LogP contribution in [0.15, 0.2) is 18.6 Å². The SMILES string of the molecule is C[C@H](NC(=O)CC1CCCCC1)C(=O)Nc1cnccn1.